The molecule has 0 aliphatic heterocycles. The smallest absolute Gasteiger partial charge is 0.244 e. The Bertz CT molecular complexity index is 721. The topological polar surface area (TPSA) is 62.0 Å². The third-order valence-electron chi connectivity index (χ3n) is 4.03. The molecule has 1 aromatic heterocycles. The van der Waals surface area contributed by atoms with Crippen LogP contribution in [0.25, 0.3) is 10.9 Å². The Hall–Kier alpha value is -2.01. The lowest BCUT2D eigenvalue weighted by molar-refractivity contribution is -0.116. The maximum absolute atomic E-state index is 12.2. The molecule has 2 N–H and O–H groups in total. The van der Waals surface area contributed by atoms with Crippen molar-refractivity contribution in [3.63, 3.8) is 0 Å². The van der Waals surface area contributed by atoms with E-state index in [0.717, 1.165) is 35.5 Å². The van der Waals surface area contributed by atoms with Crippen LogP contribution in [-0.2, 0) is 4.79 Å². The number of hydrogen-bond acceptors (Lipinski definition) is 3. The SMILES string of the molecule is CCCCCCCCNC(=O)C=CSC(=O)c1c[nH]c2ccccc12. The fourth-order valence-electron chi connectivity index (χ4n) is 2.64. The van der Waals surface area contributed by atoms with E-state index in [1.165, 1.54) is 31.8 Å². The number of thioether (sulfide) groups is 1. The third kappa shape index (κ3) is 6.42. The lowest BCUT2D eigenvalue weighted by Crippen LogP contribution is -2.21. The van der Waals surface area contributed by atoms with E-state index < -0.39 is 0 Å². The first-order valence-electron chi connectivity index (χ1n) is 8.94. The van der Waals surface area contributed by atoms with Crippen LogP contribution < -0.4 is 5.32 Å². The Labute approximate surface area is 153 Å². The van der Waals surface area contributed by atoms with E-state index in [2.05, 4.69) is 17.2 Å². The van der Waals surface area contributed by atoms with Crippen LogP contribution in [0.5, 0.6) is 0 Å². The number of benzene rings is 1. The van der Waals surface area contributed by atoms with Crippen molar-refractivity contribution in [1.29, 1.82) is 0 Å². The van der Waals surface area contributed by atoms with E-state index in [4.69, 9.17) is 0 Å². The van der Waals surface area contributed by atoms with E-state index in [1.807, 2.05) is 24.3 Å². The summed E-state index contributed by atoms with van der Waals surface area (Å²) in [6, 6.07) is 7.68. The van der Waals surface area contributed by atoms with Gasteiger partial charge in [0.05, 0.1) is 5.56 Å². The molecule has 0 saturated heterocycles. The quantitative estimate of drug-likeness (QED) is 0.462. The number of para-hydroxylation sites is 1. The van der Waals surface area contributed by atoms with Gasteiger partial charge < -0.3 is 10.3 Å². The zero-order chi connectivity index (χ0) is 17.9. The number of aromatic amines is 1. The highest BCUT2D eigenvalue weighted by molar-refractivity contribution is 8.16. The van der Waals surface area contributed by atoms with Gasteiger partial charge in [-0.2, -0.15) is 0 Å². The Morgan fingerprint density at radius 2 is 1.88 bits per heavy atom. The summed E-state index contributed by atoms with van der Waals surface area (Å²) in [7, 11) is 0. The molecule has 0 radical (unpaired) electrons. The first-order valence-corrected chi connectivity index (χ1v) is 9.82. The van der Waals surface area contributed by atoms with Gasteiger partial charge in [0.1, 0.15) is 0 Å². The highest BCUT2D eigenvalue weighted by atomic mass is 32.2. The van der Waals surface area contributed by atoms with Crippen LogP contribution in [0, 0.1) is 0 Å². The van der Waals surface area contributed by atoms with Gasteiger partial charge in [-0.05, 0) is 17.9 Å². The Kier molecular flexibility index (Phi) is 8.32. The van der Waals surface area contributed by atoms with E-state index in [0.29, 0.717) is 12.1 Å². The maximum Gasteiger partial charge on any atom is 0.244 e. The first kappa shape index (κ1) is 19.3. The summed E-state index contributed by atoms with van der Waals surface area (Å²) in [6.07, 6.45) is 10.3. The molecule has 1 heterocycles. The van der Waals surface area contributed by atoms with Crippen molar-refractivity contribution in [2.75, 3.05) is 6.54 Å². The molecule has 1 aromatic carbocycles. The largest absolute Gasteiger partial charge is 0.360 e. The second-order valence-corrected chi connectivity index (χ2v) is 6.89. The second-order valence-electron chi connectivity index (χ2n) is 6.01. The van der Waals surface area contributed by atoms with Gasteiger partial charge in [0.2, 0.25) is 11.0 Å². The van der Waals surface area contributed by atoms with Crippen molar-refractivity contribution >= 4 is 33.7 Å². The van der Waals surface area contributed by atoms with Gasteiger partial charge in [-0.15, -0.1) is 0 Å². The predicted molar refractivity (Wildman–Crippen MR) is 106 cm³/mol. The molecule has 0 saturated carbocycles. The number of hydrogen-bond donors (Lipinski definition) is 2. The first-order chi connectivity index (χ1) is 12.2. The van der Waals surface area contributed by atoms with E-state index in [1.54, 1.807) is 11.6 Å². The van der Waals surface area contributed by atoms with E-state index >= 15 is 0 Å². The minimum absolute atomic E-state index is 0.0718. The van der Waals surface area contributed by atoms with Gasteiger partial charge in [-0.1, -0.05) is 69.0 Å². The lowest BCUT2D eigenvalue weighted by Gasteiger charge is -2.02. The Balaban J connectivity index is 1.68. The molecule has 0 aliphatic carbocycles. The third-order valence-corrected chi connectivity index (χ3v) is 4.74. The van der Waals surface area contributed by atoms with Crippen LogP contribution >= 0.6 is 11.8 Å². The number of rotatable bonds is 10. The van der Waals surface area contributed by atoms with Crippen molar-refractivity contribution in [1.82, 2.24) is 10.3 Å². The van der Waals surface area contributed by atoms with Gasteiger partial charge in [0, 0.05) is 29.7 Å². The summed E-state index contributed by atoms with van der Waals surface area (Å²) in [5.74, 6) is -0.146. The summed E-state index contributed by atoms with van der Waals surface area (Å²) in [6.45, 7) is 2.89. The number of H-pyrrole nitrogens is 1. The van der Waals surface area contributed by atoms with Crippen molar-refractivity contribution in [3.8, 4) is 0 Å². The predicted octanol–water partition coefficient (Wildman–Crippen LogP) is 5.03. The number of unbranched alkanes of at least 4 members (excludes halogenated alkanes) is 5. The number of carbonyl (C=O) groups is 2. The van der Waals surface area contributed by atoms with E-state index in [-0.39, 0.29) is 11.0 Å². The fraction of sp³-hybridized carbons (Fsp3) is 0.400. The van der Waals surface area contributed by atoms with Gasteiger partial charge in [-0.25, -0.2) is 0 Å². The zero-order valence-corrected chi connectivity index (χ0v) is 15.5. The normalized spacial score (nSPS) is 11.2. The molecule has 2 rings (SSSR count). The molecule has 4 nitrogen and oxygen atoms in total. The minimum Gasteiger partial charge on any atom is -0.360 e. The van der Waals surface area contributed by atoms with Crippen molar-refractivity contribution in [2.45, 2.75) is 45.4 Å². The number of nitrogens with one attached hydrogen (secondary N) is 2. The summed E-state index contributed by atoms with van der Waals surface area (Å²) < 4.78 is 0. The van der Waals surface area contributed by atoms with Crippen LogP contribution in [0.1, 0.15) is 55.8 Å². The number of fused-ring (bicyclic) bond motifs is 1. The van der Waals surface area contributed by atoms with Crippen LogP contribution in [0.4, 0.5) is 0 Å². The molecule has 25 heavy (non-hydrogen) atoms. The Morgan fingerprint density at radius 1 is 1.12 bits per heavy atom. The molecule has 1 amide bonds. The molecule has 2 aromatic rings. The van der Waals surface area contributed by atoms with Crippen molar-refractivity contribution in [3.05, 3.63) is 47.5 Å². The molecular formula is C20H26N2O2S. The summed E-state index contributed by atoms with van der Waals surface area (Å²) in [5.41, 5.74) is 1.57. The zero-order valence-electron chi connectivity index (χ0n) is 14.7. The van der Waals surface area contributed by atoms with E-state index in [9.17, 15) is 9.59 Å². The van der Waals surface area contributed by atoms with Crippen LogP contribution in [-0.4, -0.2) is 22.6 Å². The second kappa shape index (κ2) is 10.8. The van der Waals surface area contributed by atoms with Crippen LogP contribution in [0.15, 0.2) is 41.9 Å². The molecular weight excluding hydrogens is 332 g/mol. The highest BCUT2D eigenvalue weighted by Gasteiger charge is 2.10. The van der Waals surface area contributed by atoms with Crippen molar-refractivity contribution < 1.29 is 9.59 Å². The molecule has 0 atom stereocenters. The van der Waals surface area contributed by atoms with Gasteiger partial charge in [0.25, 0.3) is 0 Å². The standard InChI is InChI=1S/C20H26N2O2S/c1-2-3-4-5-6-9-13-21-19(23)12-14-25-20(24)17-15-22-18-11-8-7-10-16(17)18/h7-8,10-12,14-15,22H,2-6,9,13H2,1H3,(H,21,23). The minimum atomic E-state index is -0.146. The molecule has 134 valence electrons. The summed E-state index contributed by atoms with van der Waals surface area (Å²) in [5, 5.41) is 5.24. The molecule has 0 aliphatic rings. The fourth-order valence-corrected chi connectivity index (χ4v) is 3.25. The average Bonchev–Trinajstić information content (AvgIpc) is 3.05. The molecule has 5 heteroatoms. The average molecular weight is 359 g/mol. The highest BCUT2D eigenvalue weighted by Crippen LogP contribution is 2.22. The molecule has 0 fully saturated rings. The number of aromatic nitrogens is 1. The molecule has 0 spiro atoms. The van der Waals surface area contributed by atoms with Gasteiger partial charge in [0.15, 0.2) is 0 Å². The number of amides is 1. The summed E-state index contributed by atoms with van der Waals surface area (Å²) >= 11 is 1.03. The van der Waals surface area contributed by atoms with Crippen LogP contribution in [0.3, 0.4) is 0 Å². The lowest BCUT2D eigenvalue weighted by atomic mass is 10.1. The monoisotopic (exact) mass is 358 g/mol. The maximum atomic E-state index is 12.2. The Morgan fingerprint density at radius 3 is 2.72 bits per heavy atom. The molecule has 0 unspecified atom stereocenters. The van der Waals surface area contributed by atoms with Gasteiger partial charge in [-0.3, -0.25) is 9.59 Å². The molecule has 0 bridgehead atoms. The van der Waals surface area contributed by atoms with Gasteiger partial charge >= 0.3 is 0 Å². The van der Waals surface area contributed by atoms with Crippen LogP contribution in [0.2, 0.25) is 0 Å². The summed E-state index contributed by atoms with van der Waals surface area (Å²) in [4.78, 5) is 27.1. The van der Waals surface area contributed by atoms with Crippen molar-refractivity contribution in [2.24, 2.45) is 0 Å². The number of carbonyl (C=O) groups excluding carboxylic acids is 2.